The molecule has 1 saturated heterocycles. The Balaban J connectivity index is 1.74. The molecule has 1 aliphatic heterocycles. The Labute approximate surface area is 157 Å². The zero-order chi connectivity index (χ0) is 19.4. The second-order valence-corrected chi connectivity index (χ2v) is 8.02. The highest BCUT2D eigenvalue weighted by Crippen LogP contribution is 2.33. The van der Waals surface area contributed by atoms with Crippen molar-refractivity contribution in [1.82, 2.24) is 9.71 Å². The van der Waals surface area contributed by atoms with E-state index < -0.39 is 14.9 Å². The van der Waals surface area contributed by atoms with E-state index in [9.17, 15) is 18.5 Å². The number of aromatic nitrogens is 1. The van der Waals surface area contributed by atoms with Crippen molar-refractivity contribution in [3.63, 3.8) is 0 Å². The first-order chi connectivity index (χ1) is 12.9. The SMILES string of the molecule is CNS(=O)(=O)c1ccc(N2CC[C@@H](OCc3ccncc3)C2)c([N+](=O)[O-])c1. The van der Waals surface area contributed by atoms with Crippen molar-refractivity contribution in [2.75, 3.05) is 25.0 Å². The number of ether oxygens (including phenoxy) is 1. The molecule has 27 heavy (non-hydrogen) atoms. The van der Waals surface area contributed by atoms with E-state index >= 15 is 0 Å². The van der Waals surface area contributed by atoms with Crippen LogP contribution in [0.3, 0.4) is 0 Å². The number of sulfonamides is 1. The fourth-order valence-corrected chi connectivity index (χ4v) is 3.73. The van der Waals surface area contributed by atoms with Gasteiger partial charge in [0.1, 0.15) is 5.69 Å². The van der Waals surface area contributed by atoms with Crippen molar-refractivity contribution in [2.45, 2.75) is 24.0 Å². The molecule has 3 rings (SSSR count). The quantitative estimate of drug-likeness (QED) is 0.563. The first kappa shape index (κ1) is 19.2. The molecule has 144 valence electrons. The summed E-state index contributed by atoms with van der Waals surface area (Å²) in [4.78, 5) is 16.6. The Morgan fingerprint density at radius 1 is 1.33 bits per heavy atom. The minimum atomic E-state index is -3.75. The maximum atomic E-state index is 11.9. The molecular formula is C17H20N4O5S. The second kappa shape index (κ2) is 7.99. The Hall–Kier alpha value is -2.56. The van der Waals surface area contributed by atoms with Crippen LogP contribution in [0.15, 0.2) is 47.6 Å². The maximum absolute atomic E-state index is 11.9. The summed E-state index contributed by atoms with van der Waals surface area (Å²) in [6, 6.07) is 7.69. The molecule has 9 nitrogen and oxygen atoms in total. The summed E-state index contributed by atoms with van der Waals surface area (Å²) in [6.07, 6.45) is 4.07. The Morgan fingerprint density at radius 3 is 2.74 bits per heavy atom. The van der Waals surface area contributed by atoms with Crippen molar-refractivity contribution in [2.24, 2.45) is 0 Å². The summed E-state index contributed by atoms with van der Waals surface area (Å²) in [7, 11) is -2.48. The van der Waals surface area contributed by atoms with Crippen molar-refractivity contribution in [3.05, 3.63) is 58.4 Å². The van der Waals surface area contributed by atoms with E-state index in [0.29, 0.717) is 25.4 Å². The predicted molar refractivity (Wildman–Crippen MR) is 99.0 cm³/mol. The number of hydrogen-bond acceptors (Lipinski definition) is 7. The predicted octanol–water partition coefficient (Wildman–Crippen LogP) is 1.69. The van der Waals surface area contributed by atoms with Crippen molar-refractivity contribution < 1.29 is 18.1 Å². The highest BCUT2D eigenvalue weighted by Gasteiger charge is 2.29. The molecule has 1 aromatic heterocycles. The van der Waals surface area contributed by atoms with Gasteiger partial charge in [0, 0.05) is 31.5 Å². The van der Waals surface area contributed by atoms with Crippen molar-refractivity contribution in [1.29, 1.82) is 0 Å². The Morgan fingerprint density at radius 2 is 2.07 bits per heavy atom. The van der Waals surface area contributed by atoms with E-state index in [1.807, 2.05) is 17.0 Å². The van der Waals surface area contributed by atoms with Gasteiger partial charge in [0.15, 0.2) is 0 Å². The molecule has 1 fully saturated rings. The number of benzene rings is 1. The smallest absolute Gasteiger partial charge is 0.293 e. The molecule has 0 amide bonds. The highest BCUT2D eigenvalue weighted by atomic mass is 32.2. The zero-order valence-electron chi connectivity index (χ0n) is 14.7. The third kappa shape index (κ3) is 4.41. The van der Waals surface area contributed by atoms with Crippen LogP contribution in [0.5, 0.6) is 0 Å². The van der Waals surface area contributed by atoms with Gasteiger partial charge in [0.2, 0.25) is 10.0 Å². The average Bonchev–Trinajstić information content (AvgIpc) is 3.15. The van der Waals surface area contributed by atoms with Crippen molar-refractivity contribution >= 4 is 21.4 Å². The summed E-state index contributed by atoms with van der Waals surface area (Å²) in [5.41, 5.74) is 1.17. The molecule has 1 atom stereocenters. The maximum Gasteiger partial charge on any atom is 0.293 e. The minimum Gasteiger partial charge on any atom is -0.372 e. The van der Waals surface area contributed by atoms with Crippen LogP contribution >= 0.6 is 0 Å². The minimum absolute atomic E-state index is 0.0570. The number of pyridine rings is 1. The highest BCUT2D eigenvalue weighted by molar-refractivity contribution is 7.89. The summed E-state index contributed by atoms with van der Waals surface area (Å²) in [5, 5.41) is 11.5. The second-order valence-electron chi connectivity index (χ2n) is 6.14. The number of nitrogens with one attached hydrogen (secondary N) is 1. The van der Waals surface area contributed by atoms with Crippen LogP contribution in [0.25, 0.3) is 0 Å². The number of nitro benzene ring substituents is 1. The van der Waals surface area contributed by atoms with E-state index in [1.165, 1.54) is 19.2 Å². The summed E-state index contributed by atoms with van der Waals surface area (Å²) >= 11 is 0. The van der Waals surface area contributed by atoms with Crippen LogP contribution in [0, 0.1) is 10.1 Å². The molecule has 2 aromatic rings. The average molecular weight is 392 g/mol. The first-order valence-corrected chi connectivity index (χ1v) is 9.86. The number of hydrogen-bond donors (Lipinski definition) is 1. The van der Waals surface area contributed by atoms with Gasteiger partial charge in [0.05, 0.1) is 22.5 Å². The lowest BCUT2D eigenvalue weighted by atomic mass is 10.2. The molecule has 10 heteroatoms. The molecule has 2 heterocycles. The summed E-state index contributed by atoms with van der Waals surface area (Å²) in [5.74, 6) is 0. The topological polar surface area (TPSA) is 115 Å². The van der Waals surface area contributed by atoms with E-state index in [-0.39, 0.29) is 16.7 Å². The lowest BCUT2D eigenvalue weighted by molar-refractivity contribution is -0.384. The van der Waals surface area contributed by atoms with Crippen LogP contribution < -0.4 is 9.62 Å². The third-order valence-corrected chi connectivity index (χ3v) is 5.86. The molecule has 0 saturated carbocycles. The summed E-state index contributed by atoms with van der Waals surface area (Å²) < 4.78 is 31.9. The monoisotopic (exact) mass is 392 g/mol. The van der Waals surface area contributed by atoms with Gasteiger partial charge in [-0.2, -0.15) is 0 Å². The van der Waals surface area contributed by atoms with Gasteiger partial charge in [-0.15, -0.1) is 0 Å². The van der Waals surface area contributed by atoms with Gasteiger partial charge in [-0.25, -0.2) is 13.1 Å². The van der Waals surface area contributed by atoms with Gasteiger partial charge in [0.25, 0.3) is 5.69 Å². The molecule has 0 radical (unpaired) electrons. The molecule has 0 bridgehead atoms. The van der Waals surface area contributed by atoms with Crippen molar-refractivity contribution in [3.8, 4) is 0 Å². The molecule has 1 aliphatic rings. The first-order valence-electron chi connectivity index (χ1n) is 8.38. The molecular weight excluding hydrogens is 372 g/mol. The fourth-order valence-electron chi connectivity index (χ4n) is 2.98. The van der Waals surface area contributed by atoms with Crippen LogP contribution in [-0.4, -0.2) is 44.6 Å². The van der Waals surface area contributed by atoms with E-state index in [1.54, 1.807) is 12.4 Å². The Kier molecular flexibility index (Phi) is 5.68. The largest absolute Gasteiger partial charge is 0.372 e. The van der Waals surface area contributed by atoms with E-state index in [0.717, 1.165) is 18.1 Å². The Bertz CT molecular complexity index is 920. The summed E-state index contributed by atoms with van der Waals surface area (Å²) in [6.45, 7) is 1.55. The van der Waals surface area contributed by atoms with Gasteiger partial charge in [-0.05, 0) is 43.3 Å². The number of rotatable bonds is 7. The van der Waals surface area contributed by atoms with Crippen LogP contribution in [0.4, 0.5) is 11.4 Å². The van der Waals surface area contributed by atoms with E-state index in [4.69, 9.17) is 4.74 Å². The molecule has 0 aliphatic carbocycles. The molecule has 1 N–H and O–H groups in total. The van der Waals surface area contributed by atoms with Gasteiger partial charge in [-0.1, -0.05) is 0 Å². The fraction of sp³-hybridized carbons (Fsp3) is 0.353. The third-order valence-electron chi connectivity index (χ3n) is 4.44. The van der Waals surface area contributed by atoms with Crippen LogP contribution in [0.2, 0.25) is 0 Å². The number of nitro groups is 1. The van der Waals surface area contributed by atoms with Crippen LogP contribution in [-0.2, 0) is 21.4 Å². The van der Waals surface area contributed by atoms with Crippen LogP contribution in [0.1, 0.15) is 12.0 Å². The standard InChI is InChI=1S/C17H20N4O5S/c1-18-27(24,25)15-2-3-16(17(10-15)21(22)23)20-9-6-14(11-20)26-12-13-4-7-19-8-5-13/h2-5,7-8,10,14,18H,6,9,11-12H2,1H3/t14-/m1/s1. The lowest BCUT2D eigenvalue weighted by Gasteiger charge is -2.19. The van der Waals surface area contributed by atoms with Gasteiger partial charge in [-0.3, -0.25) is 15.1 Å². The number of anilines is 1. The lowest BCUT2D eigenvalue weighted by Crippen LogP contribution is -2.24. The normalized spacial score (nSPS) is 17.2. The molecule has 0 unspecified atom stereocenters. The van der Waals surface area contributed by atoms with Gasteiger partial charge < -0.3 is 9.64 Å². The van der Waals surface area contributed by atoms with E-state index in [2.05, 4.69) is 9.71 Å². The molecule has 0 spiro atoms. The zero-order valence-corrected chi connectivity index (χ0v) is 15.6. The number of nitrogens with zero attached hydrogens (tertiary/aromatic N) is 3. The van der Waals surface area contributed by atoms with Gasteiger partial charge >= 0.3 is 0 Å². The molecule has 1 aromatic carbocycles.